The van der Waals surface area contributed by atoms with Gasteiger partial charge >= 0.3 is 12.0 Å². The monoisotopic (exact) mass is 250 g/mol. The van der Waals surface area contributed by atoms with Crippen LogP contribution in [-0.2, 0) is 14.2 Å². The number of hydrogen-bond acceptors (Lipinski definition) is 3. The maximum Gasteiger partial charge on any atom is 0.311 e. The van der Waals surface area contributed by atoms with Crippen LogP contribution in [0.25, 0.3) is 0 Å². The molecule has 0 spiro atoms. The molecule has 0 atom stereocenters. The minimum Gasteiger partial charge on any atom is -0.472 e. The highest BCUT2D eigenvalue weighted by atomic mass is 19.1. The Kier molecular flexibility index (Phi) is 8.19. The van der Waals surface area contributed by atoms with Crippen LogP contribution in [0.5, 0.6) is 0 Å². The van der Waals surface area contributed by atoms with Crippen molar-refractivity contribution in [2.45, 2.75) is 39.5 Å². The summed E-state index contributed by atoms with van der Waals surface area (Å²) in [5.74, 6) is -0.0173. The summed E-state index contributed by atoms with van der Waals surface area (Å²) in [4.78, 5) is 0. The van der Waals surface area contributed by atoms with Gasteiger partial charge in [-0.2, -0.15) is 8.78 Å². The fourth-order valence-corrected chi connectivity index (χ4v) is 1.21. The van der Waals surface area contributed by atoms with Crippen molar-refractivity contribution in [3.8, 4) is 0 Å². The predicted molar refractivity (Wildman–Crippen MR) is 61.2 cm³/mol. The molecule has 0 aliphatic rings. The molecule has 0 heterocycles. The summed E-state index contributed by atoms with van der Waals surface area (Å²) in [6, 6.07) is -1.66. The Labute approximate surface area is 101 Å². The van der Waals surface area contributed by atoms with Gasteiger partial charge in [-0.25, -0.2) is 0 Å². The third-order valence-corrected chi connectivity index (χ3v) is 2.00. The summed E-state index contributed by atoms with van der Waals surface area (Å²) >= 11 is 0. The van der Waals surface area contributed by atoms with Gasteiger partial charge < -0.3 is 14.2 Å². The van der Waals surface area contributed by atoms with Crippen molar-refractivity contribution < 1.29 is 23.0 Å². The highest BCUT2D eigenvalue weighted by Gasteiger charge is 2.15. The maximum atomic E-state index is 13.3. The van der Waals surface area contributed by atoms with Crippen LogP contribution in [0.3, 0.4) is 0 Å². The van der Waals surface area contributed by atoms with Gasteiger partial charge in [-0.05, 0) is 12.8 Å². The van der Waals surface area contributed by atoms with Crippen LogP contribution in [0.4, 0.5) is 8.78 Å². The molecule has 0 saturated heterocycles. The smallest absolute Gasteiger partial charge is 0.311 e. The Balaban J connectivity index is 4.94. The van der Waals surface area contributed by atoms with Crippen molar-refractivity contribution in [2.75, 3.05) is 14.2 Å². The van der Waals surface area contributed by atoms with Gasteiger partial charge in [0.2, 0.25) is 0 Å². The lowest BCUT2D eigenvalue weighted by Crippen LogP contribution is -2.01. The fraction of sp³-hybridized carbons (Fsp3) is 0.667. The number of halogens is 2. The fourth-order valence-electron chi connectivity index (χ4n) is 1.21. The Morgan fingerprint density at radius 3 is 1.41 bits per heavy atom. The Morgan fingerprint density at radius 1 is 0.824 bits per heavy atom. The van der Waals surface area contributed by atoms with Gasteiger partial charge in [-0.15, -0.1) is 0 Å². The van der Waals surface area contributed by atoms with Crippen LogP contribution in [0.15, 0.2) is 23.5 Å². The van der Waals surface area contributed by atoms with Gasteiger partial charge in [-0.1, -0.05) is 13.8 Å². The first-order chi connectivity index (χ1) is 8.10. The van der Waals surface area contributed by atoms with E-state index in [2.05, 4.69) is 9.47 Å². The Bertz CT molecular complexity index is 257. The number of methoxy groups -OCH3 is 2. The molecule has 3 nitrogen and oxygen atoms in total. The molecule has 0 radical (unpaired) electrons. The summed E-state index contributed by atoms with van der Waals surface area (Å²) in [5, 5.41) is 0. The number of allylic oxidation sites excluding steroid dienone is 2. The molecular formula is C12H20F2O3. The molecular weight excluding hydrogens is 230 g/mol. The zero-order valence-electron chi connectivity index (χ0n) is 10.8. The van der Waals surface area contributed by atoms with Gasteiger partial charge in [0, 0.05) is 12.8 Å². The van der Waals surface area contributed by atoms with Gasteiger partial charge in [0.25, 0.3) is 0 Å². The van der Waals surface area contributed by atoms with E-state index >= 15 is 0 Å². The second-order valence-electron chi connectivity index (χ2n) is 3.40. The van der Waals surface area contributed by atoms with Gasteiger partial charge in [0.15, 0.2) is 11.5 Å². The summed E-state index contributed by atoms with van der Waals surface area (Å²) in [7, 11) is 2.40. The summed E-state index contributed by atoms with van der Waals surface area (Å²) in [6.07, 6.45) is 2.01. The molecule has 0 N–H and O–H groups in total. The van der Waals surface area contributed by atoms with E-state index < -0.39 is 12.0 Å². The first-order valence-corrected chi connectivity index (χ1v) is 5.63. The molecule has 0 unspecified atom stereocenters. The Morgan fingerprint density at radius 2 is 1.18 bits per heavy atom. The van der Waals surface area contributed by atoms with E-state index in [0.29, 0.717) is 25.7 Å². The molecule has 0 aromatic rings. The van der Waals surface area contributed by atoms with Crippen molar-refractivity contribution in [3.63, 3.8) is 0 Å². The summed E-state index contributed by atoms with van der Waals surface area (Å²) < 4.78 is 40.7. The molecule has 100 valence electrons. The van der Waals surface area contributed by atoms with E-state index in [9.17, 15) is 8.78 Å². The lowest BCUT2D eigenvalue weighted by molar-refractivity contribution is 0.125. The number of rotatable bonds is 8. The largest absolute Gasteiger partial charge is 0.472 e. The van der Waals surface area contributed by atoms with Crippen molar-refractivity contribution in [1.29, 1.82) is 0 Å². The molecule has 0 aromatic heterocycles. The standard InChI is InChI=1S/C12H20F2O3/c1-5-7-9(11(13)15-3)17-10(8-6-2)12(14)16-4/h5-8H2,1-4H3. The molecule has 0 aromatic carbocycles. The molecule has 0 rings (SSSR count). The maximum absolute atomic E-state index is 13.3. The molecule has 0 aliphatic carbocycles. The quantitative estimate of drug-likeness (QED) is 0.605. The van der Waals surface area contributed by atoms with Crippen molar-refractivity contribution in [3.05, 3.63) is 23.5 Å². The minimum absolute atomic E-state index is 0.00866. The van der Waals surface area contributed by atoms with Gasteiger partial charge in [0.1, 0.15) is 0 Å². The lowest BCUT2D eigenvalue weighted by atomic mass is 10.2. The van der Waals surface area contributed by atoms with Crippen LogP contribution in [0.1, 0.15) is 39.5 Å². The SMILES string of the molecule is CCCC(OC(CCC)=C(F)OC)=C(F)OC. The van der Waals surface area contributed by atoms with Crippen LogP contribution < -0.4 is 0 Å². The van der Waals surface area contributed by atoms with E-state index in [0.717, 1.165) is 0 Å². The van der Waals surface area contributed by atoms with E-state index in [1.165, 1.54) is 14.2 Å². The molecule has 0 aliphatic heterocycles. The van der Waals surface area contributed by atoms with Crippen LogP contribution in [-0.4, -0.2) is 14.2 Å². The van der Waals surface area contributed by atoms with Gasteiger partial charge in [0.05, 0.1) is 14.2 Å². The molecule has 5 heteroatoms. The second kappa shape index (κ2) is 8.84. The second-order valence-corrected chi connectivity index (χ2v) is 3.40. The van der Waals surface area contributed by atoms with Crippen molar-refractivity contribution in [1.82, 2.24) is 0 Å². The lowest BCUT2D eigenvalue weighted by Gasteiger charge is -2.13. The average molecular weight is 250 g/mol. The minimum atomic E-state index is -0.829. The molecule has 17 heavy (non-hydrogen) atoms. The van der Waals surface area contributed by atoms with E-state index in [-0.39, 0.29) is 11.5 Å². The highest BCUT2D eigenvalue weighted by molar-refractivity contribution is 5.03. The first kappa shape index (κ1) is 15.7. The van der Waals surface area contributed by atoms with Crippen molar-refractivity contribution >= 4 is 0 Å². The normalized spacial score (nSPS) is 13.8. The Hall–Kier alpha value is -1.26. The average Bonchev–Trinajstić information content (AvgIpc) is 2.35. The van der Waals surface area contributed by atoms with Crippen LogP contribution >= 0.6 is 0 Å². The molecule has 0 fully saturated rings. The third kappa shape index (κ3) is 5.56. The predicted octanol–water partition coefficient (Wildman–Crippen LogP) is 4.17. The highest BCUT2D eigenvalue weighted by Crippen LogP contribution is 2.23. The van der Waals surface area contributed by atoms with Crippen LogP contribution in [0.2, 0.25) is 0 Å². The number of ether oxygens (including phenoxy) is 3. The number of hydrogen-bond donors (Lipinski definition) is 0. The van der Waals surface area contributed by atoms with Gasteiger partial charge in [-0.3, -0.25) is 0 Å². The molecule has 0 bridgehead atoms. The van der Waals surface area contributed by atoms with E-state index in [1.54, 1.807) is 0 Å². The topological polar surface area (TPSA) is 27.7 Å². The van der Waals surface area contributed by atoms with E-state index in [4.69, 9.17) is 4.74 Å². The van der Waals surface area contributed by atoms with E-state index in [1.807, 2.05) is 13.8 Å². The zero-order chi connectivity index (χ0) is 13.3. The summed E-state index contributed by atoms with van der Waals surface area (Å²) in [6.45, 7) is 3.73. The first-order valence-electron chi connectivity index (χ1n) is 5.63. The van der Waals surface area contributed by atoms with Crippen LogP contribution in [0, 0.1) is 0 Å². The molecule has 0 saturated carbocycles. The molecule has 0 amide bonds. The third-order valence-electron chi connectivity index (χ3n) is 2.00. The van der Waals surface area contributed by atoms with Crippen molar-refractivity contribution in [2.24, 2.45) is 0 Å². The zero-order valence-corrected chi connectivity index (χ0v) is 10.8. The summed E-state index contributed by atoms with van der Waals surface area (Å²) in [5.41, 5.74) is 0.